The number of carbonyl (C=O) groups is 1. The lowest BCUT2D eigenvalue weighted by Crippen LogP contribution is -2.30. The van der Waals surface area contributed by atoms with Crippen LogP contribution >= 0.6 is 11.3 Å². The van der Waals surface area contributed by atoms with Gasteiger partial charge in [-0.25, -0.2) is 4.98 Å². The molecule has 1 atom stereocenters. The maximum atomic E-state index is 11.9. The highest BCUT2D eigenvalue weighted by atomic mass is 32.1. The molecule has 2 aromatic rings. The predicted octanol–water partition coefficient (Wildman–Crippen LogP) is 3.31. The number of nitrogens with one attached hydrogen (secondary N) is 1. The van der Waals surface area contributed by atoms with E-state index in [0.717, 1.165) is 0 Å². The molecule has 0 aliphatic heterocycles. The Morgan fingerprint density at radius 1 is 1.32 bits per heavy atom. The van der Waals surface area contributed by atoms with E-state index in [0.29, 0.717) is 24.1 Å². The van der Waals surface area contributed by atoms with Gasteiger partial charge in [-0.05, 0) is 11.5 Å². The highest BCUT2D eigenvalue weighted by molar-refractivity contribution is 7.07. The summed E-state index contributed by atoms with van der Waals surface area (Å²) in [5, 5.41) is 4.74. The van der Waals surface area contributed by atoms with Crippen molar-refractivity contribution in [1.29, 1.82) is 0 Å². The topological polar surface area (TPSA) is 42.0 Å². The first-order valence-electron chi connectivity index (χ1n) is 6.40. The van der Waals surface area contributed by atoms with Crippen LogP contribution in [-0.2, 0) is 0 Å². The monoisotopic (exact) mass is 274 g/mol. The first-order chi connectivity index (χ1) is 9.18. The zero-order valence-electron chi connectivity index (χ0n) is 11.2. The number of benzene rings is 1. The summed E-state index contributed by atoms with van der Waals surface area (Å²) in [6.45, 7) is 4.98. The van der Waals surface area contributed by atoms with E-state index in [1.54, 1.807) is 10.9 Å². The molecule has 4 heteroatoms. The number of thiazole rings is 1. The van der Waals surface area contributed by atoms with Crippen molar-refractivity contribution in [1.82, 2.24) is 10.3 Å². The lowest BCUT2D eigenvalue weighted by Gasteiger charge is -2.21. The van der Waals surface area contributed by atoms with Crippen molar-refractivity contribution in [3.05, 3.63) is 52.5 Å². The van der Waals surface area contributed by atoms with E-state index >= 15 is 0 Å². The SMILES string of the molecule is CC(C)[C@@H](CNC(=O)c1cscn1)c1ccccc1. The molecule has 3 nitrogen and oxygen atoms in total. The van der Waals surface area contributed by atoms with Gasteiger partial charge in [0.25, 0.3) is 5.91 Å². The van der Waals surface area contributed by atoms with Gasteiger partial charge in [0.15, 0.2) is 0 Å². The fraction of sp³-hybridized carbons (Fsp3) is 0.333. The van der Waals surface area contributed by atoms with E-state index in [1.165, 1.54) is 16.9 Å². The Kier molecular flexibility index (Phi) is 4.68. The normalized spacial score (nSPS) is 12.4. The quantitative estimate of drug-likeness (QED) is 0.909. The van der Waals surface area contributed by atoms with Crippen LogP contribution in [-0.4, -0.2) is 17.4 Å². The first-order valence-corrected chi connectivity index (χ1v) is 7.34. The van der Waals surface area contributed by atoms with Gasteiger partial charge >= 0.3 is 0 Å². The molecule has 2 rings (SSSR count). The highest BCUT2D eigenvalue weighted by Crippen LogP contribution is 2.23. The van der Waals surface area contributed by atoms with E-state index in [1.807, 2.05) is 18.2 Å². The van der Waals surface area contributed by atoms with Gasteiger partial charge in [-0.1, -0.05) is 44.2 Å². The van der Waals surface area contributed by atoms with Gasteiger partial charge in [-0.15, -0.1) is 11.3 Å². The third-order valence-corrected chi connectivity index (χ3v) is 3.77. The molecule has 0 radical (unpaired) electrons. The van der Waals surface area contributed by atoms with Crippen LogP contribution in [0.3, 0.4) is 0 Å². The lowest BCUT2D eigenvalue weighted by molar-refractivity contribution is 0.0945. The van der Waals surface area contributed by atoms with Crippen LogP contribution < -0.4 is 5.32 Å². The minimum atomic E-state index is -0.0946. The van der Waals surface area contributed by atoms with Crippen LogP contribution in [0.1, 0.15) is 35.8 Å². The van der Waals surface area contributed by atoms with Crippen molar-refractivity contribution in [2.24, 2.45) is 5.92 Å². The van der Waals surface area contributed by atoms with Crippen molar-refractivity contribution >= 4 is 17.2 Å². The van der Waals surface area contributed by atoms with Crippen LogP contribution in [0.4, 0.5) is 0 Å². The Balaban J connectivity index is 2.01. The number of hydrogen-bond donors (Lipinski definition) is 1. The second-order valence-electron chi connectivity index (χ2n) is 4.84. The fourth-order valence-electron chi connectivity index (χ4n) is 2.06. The standard InChI is InChI=1S/C15H18N2OS/c1-11(2)13(12-6-4-3-5-7-12)8-16-15(18)14-9-19-10-17-14/h3-7,9-11,13H,8H2,1-2H3,(H,16,18)/t13-/m1/s1. The number of carbonyl (C=O) groups excluding carboxylic acids is 1. The molecule has 1 amide bonds. The molecule has 0 fully saturated rings. The van der Waals surface area contributed by atoms with Crippen LogP contribution in [0.5, 0.6) is 0 Å². The van der Waals surface area contributed by atoms with Crippen molar-refractivity contribution in [3.8, 4) is 0 Å². The van der Waals surface area contributed by atoms with Gasteiger partial charge in [-0.3, -0.25) is 4.79 Å². The average molecular weight is 274 g/mol. The molecular weight excluding hydrogens is 256 g/mol. The number of nitrogens with zero attached hydrogens (tertiary/aromatic N) is 1. The molecule has 0 saturated heterocycles. The van der Waals surface area contributed by atoms with Crippen LogP contribution in [0.25, 0.3) is 0 Å². The molecule has 1 aromatic heterocycles. The van der Waals surface area contributed by atoms with E-state index in [9.17, 15) is 4.79 Å². The molecule has 1 N–H and O–H groups in total. The largest absolute Gasteiger partial charge is 0.350 e. The van der Waals surface area contributed by atoms with Crippen molar-refractivity contribution in [3.63, 3.8) is 0 Å². The molecule has 0 saturated carbocycles. The van der Waals surface area contributed by atoms with Crippen LogP contribution in [0.15, 0.2) is 41.2 Å². The minimum Gasteiger partial charge on any atom is -0.350 e. The molecular formula is C15H18N2OS. The van der Waals surface area contributed by atoms with E-state index < -0.39 is 0 Å². The summed E-state index contributed by atoms with van der Waals surface area (Å²) in [7, 11) is 0. The Labute approximate surface area is 117 Å². The number of rotatable bonds is 5. The minimum absolute atomic E-state index is 0.0946. The summed E-state index contributed by atoms with van der Waals surface area (Å²) >= 11 is 1.43. The summed E-state index contributed by atoms with van der Waals surface area (Å²) in [4.78, 5) is 15.9. The van der Waals surface area contributed by atoms with Crippen molar-refractivity contribution in [2.75, 3.05) is 6.54 Å². The van der Waals surface area contributed by atoms with E-state index in [4.69, 9.17) is 0 Å². The second kappa shape index (κ2) is 6.48. The maximum Gasteiger partial charge on any atom is 0.270 e. The molecule has 0 spiro atoms. The van der Waals surface area contributed by atoms with Gasteiger partial charge < -0.3 is 5.32 Å². The van der Waals surface area contributed by atoms with E-state index in [-0.39, 0.29) is 5.91 Å². The van der Waals surface area contributed by atoms with Gasteiger partial charge in [0.05, 0.1) is 5.51 Å². The molecule has 0 unspecified atom stereocenters. The molecule has 0 bridgehead atoms. The third kappa shape index (κ3) is 3.64. The zero-order valence-corrected chi connectivity index (χ0v) is 12.0. The van der Waals surface area contributed by atoms with Gasteiger partial charge in [0.1, 0.15) is 5.69 Å². The predicted molar refractivity (Wildman–Crippen MR) is 78.5 cm³/mol. The Hall–Kier alpha value is -1.68. The van der Waals surface area contributed by atoms with Gasteiger partial charge in [-0.2, -0.15) is 0 Å². The third-order valence-electron chi connectivity index (χ3n) is 3.18. The van der Waals surface area contributed by atoms with E-state index in [2.05, 4.69) is 36.3 Å². The number of aromatic nitrogens is 1. The summed E-state index contributed by atoms with van der Waals surface area (Å²) < 4.78 is 0. The summed E-state index contributed by atoms with van der Waals surface area (Å²) in [5.74, 6) is 0.699. The summed E-state index contributed by atoms with van der Waals surface area (Å²) in [6.07, 6.45) is 0. The summed E-state index contributed by atoms with van der Waals surface area (Å²) in [5.41, 5.74) is 3.43. The van der Waals surface area contributed by atoms with Gasteiger partial charge in [0, 0.05) is 17.8 Å². The molecule has 0 aliphatic rings. The van der Waals surface area contributed by atoms with Crippen LogP contribution in [0.2, 0.25) is 0 Å². The molecule has 100 valence electrons. The molecule has 1 heterocycles. The Morgan fingerprint density at radius 3 is 2.63 bits per heavy atom. The second-order valence-corrected chi connectivity index (χ2v) is 5.56. The molecule has 1 aromatic carbocycles. The number of hydrogen-bond acceptors (Lipinski definition) is 3. The Bertz CT molecular complexity index is 508. The van der Waals surface area contributed by atoms with Crippen molar-refractivity contribution in [2.45, 2.75) is 19.8 Å². The maximum absolute atomic E-state index is 11.9. The average Bonchev–Trinajstić information content (AvgIpc) is 2.93. The lowest BCUT2D eigenvalue weighted by atomic mass is 9.88. The zero-order chi connectivity index (χ0) is 13.7. The van der Waals surface area contributed by atoms with Crippen molar-refractivity contribution < 1.29 is 4.79 Å². The smallest absolute Gasteiger partial charge is 0.270 e. The highest BCUT2D eigenvalue weighted by Gasteiger charge is 2.17. The summed E-state index contributed by atoms with van der Waals surface area (Å²) in [6, 6.07) is 10.3. The van der Waals surface area contributed by atoms with Crippen LogP contribution in [0, 0.1) is 5.92 Å². The van der Waals surface area contributed by atoms with Gasteiger partial charge in [0.2, 0.25) is 0 Å². The molecule has 19 heavy (non-hydrogen) atoms. The Morgan fingerprint density at radius 2 is 2.05 bits per heavy atom. The fourth-order valence-corrected chi connectivity index (χ4v) is 2.59. The molecule has 0 aliphatic carbocycles. The first kappa shape index (κ1) is 13.7. The number of amides is 1.